The van der Waals surface area contributed by atoms with Gasteiger partial charge in [-0.25, -0.2) is 0 Å². The molecule has 2 rings (SSSR count). The Morgan fingerprint density at radius 2 is 1.55 bits per heavy atom. The van der Waals surface area contributed by atoms with E-state index >= 15 is 0 Å². The number of aryl methyl sites for hydroxylation is 1. The number of amides is 2. The van der Waals surface area contributed by atoms with Gasteiger partial charge in [-0.15, -0.1) is 0 Å². The van der Waals surface area contributed by atoms with Crippen molar-refractivity contribution in [2.45, 2.75) is 26.7 Å². The van der Waals surface area contributed by atoms with Gasteiger partial charge >= 0.3 is 0 Å². The zero-order valence-electron chi connectivity index (χ0n) is 12.1. The fourth-order valence-corrected chi connectivity index (χ4v) is 2.25. The van der Waals surface area contributed by atoms with E-state index in [4.69, 9.17) is 4.74 Å². The van der Waals surface area contributed by atoms with E-state index in [1.165, 1.54) is 10.5 Å². The summed E-state index contributed by atoms with van der Waals surface area (Å²) in [5, 5.41) is 0. The van der Waals surface area contributed by atoms with Gasteiger partial charge in [0.15, 0.2) is 0 Å². The summed E-state index contributed by atoms with van der Waals surface area (Å²) < 4.78 is 5.10. The lowest BCUT2D eigenvalue weighted by Gasteiger charge is -2.14. The molecule has 0 aliphatic carbocycles. The molecule has 1 aliphatic rings. The Morgan fingerprint density at radius 3 is 2.05 bits per heavy atom. The van der Waals surface area contributed by atoms with Crippen molar-refractivity contribution in [3.63, 3.8) is 0 Å². The Kier molecular flexibility index (Phi) is 4.23. The molecule has 0 spiro atoms. The molecule has 4 heteroatoms. The van der Waals surface area contributed by atoms with Crippen LogP contribution in [-0.4, -0.2) is 30.4 Å². The highest BCUT2D eigenvalue weighted by Gasteiger charge is 2.32. The molecule has 1 aliphatic heterocycles. The minimum atomic E-state index is -0.151. The lowest BCUT2D eigenvalue weighted by molar-refractivity contribution is -0.137. The van der Waals surface area contributed by atoms with Gasteiger partial charge in [-0.2, -0.15) is 0 Å². The third kappa shape index (κ3) is 2.74. The topological polar surface area (TPSA) is 46.6 Å². The van der Waals surface area contributed by atoms with Gasteiger partial charge in [0, 0.05) is 17.7 Å². The summed E-state index contributed by atoms with van der Waals surface area (Å²) in [5.74, 6) is 0.526. The van der Waals surface area contributed by atoms with Gasteiger partial charge < -0.3 is 4.74 Å². The second-order valence-corrected chi connectivity index (χ2v) is 4.96. The van der Waals surface area contributed by atoms with Crippen LogP contribution in [0.25, 0.3) is 0 Å². The van der Waals surface area contributed by atoms with Crippen molar-refractivity contribution >= 4 is 11.8 Å². The van der Waals surface area contributed by atoms with E-state index in [2.05, 4.69) is 0 Å². The second-order valence-electron chi connectivity index (χ2n) is 4.96. The fraction of sp³-hybridized carbons (Fsp3) is 0.375. The molecule has 0 unspecified atom stereocenters. The van der Waals surface area contributed by atoms with Gasteiger partial charge in [0.25, 0.3) is 11.8 Å². The molecular formula is C16H19NO3. The van der Waals surface area contributed by atoms with Crippen LogP contribution >= 0.6 is 0 Å². The summed E-state index contributed by atoms with van der Waals surface area (Å²) in [6.45, 7) is 3.89. The summed E-state index contributed by atoms with van der Waals surface area (Å²) in [5.41, 5.74) is 2.31. The molecule has 0 saturated heterocycles. The number of imide groups is 1. The molecule has 0 N–H and O–H groups in total. The first-order valence-corrected chi connectivity index (χ1v) is 6.71. The quantitative estimate of drug-likeness (QED) is 0.774. The van der Waals surface area contributed by atoms with E-state index in [1.807, 2.05) is 24.3 Å². The molecule has 0 bridgehead atoms. The fourth-order valence-electron chi connectivity index (χ4n) is 2.25. The van der Waals surface area contributed by atoms with Gasteiger partial charge in [0.1, 0.15) is 5.75 Å². The summed E-state index contributed by atoms with van der Waals surface area (Å²) in [6, 6.07) is 7.83. The van der Waals surface area contributed by atoms with Crippen molar-refractivity contribution in [2.75, 3.05) is 13.7 Å². The van der Waals surface area contributed by atoms with Crippen LogP contribution in [0, 0.1) is 0 Å². The van der Waals surface area contributed by atoms with Crippen molar-refractivity contribution in [2.24, 2.45) is 0 Å². The first-order chi connectivity index (χ1) is 9.54. The Hall–Kier alpha value is -2.10. The average molecular weight is 273 g/mol. The molecular weight excluding hydrogens is 254 g/mol. The van der Waals surface area contributed by atoms with Crippen molar-refractivity contribution in [3.05, 3.63) is 41.0 Å². The van der Waals surface area contributed by atoms with Crippen molar-refractivity contribution < 1.29 is 14.3 Å². The van der Waals surface area contributed by atoms with Gasteiger partial charge in [-0.1, -0.05) is 12.1 Å². The average Bonchev–Trinajstić information content (AvgIpc) is 2.65. The van der Waals surface area contributed by atoms with Crippen LogP contribution in [0.3, 0.4) is 0 Å². The first-order valence-electron chi connectivity index (χ1n) is 6.71. The van der Waals surface area contributed by atoms with E-state index < -0.39 is 0 Å². The molecule has 106 valence electrons. The summed E-state index contributed by atoms with van der Waals surface area (Å²) in [7, 11) is 1.64. The maximum absolute atomic E-state index is 11.9. The number of hydrogen-bond acceptors (Lipinski definition) is 3. The predicted octanol–water partition coefficient (Wildman–Crippen LogP) is 2.33. The first kappa shape index (κ1) is 14.3. The zero-order valence-corrected chi connectivity index (χ0v) is 12.1. The smallest absolute Gasteiger partial charge is 0.256 e. The normalized spacial score (nSPS) is 15.2. The summed E-state index contributed by atoms with van der Waals surface area (Å²) in [6.07, 6.45) is 1.60. The minimum Gasteiger partial charge on any atom is -0.497 e. The molecule has 1 heterocycles. The molecule has 0 radical (unpaired) electrons. The van der Waals surface area contributed by atoms with Gasteiger partial charge in [-0.3, -0.25) is 14.5 Å². The molecule has 1 aromatic rings. The number of hydrogen-bond donors (Lipinski definition) is 0. The second kappa shape index (κ2) is 5.90. The highest BCUT2D eigenvalue weighted by molar-refractivity contribution is 6.18. The summed E-state index contributed by atoms with van der Waals surface area (Å²) >= 11 is 0. The van der Waals surface area contributed by atoms with Crippen LogP contribution in [0.5, 0.6) is 5.75 Å². The van der Waals surface area contributed by atoms with E-state index in [9.17, 15) is 9.59 Å². The van der Waals surface area contributed by atoms with Crippen LogP contribution in [-0.2, 0) is 16.0 Å². The Labute approximate surface area is 119 Å². The maximum Gasteiger partial charge on any atom is 0.256 e. The molecule has 4 nitrogen and oxygen atoms in total. The van der Waals surface area contributed by atoms with Crippen molar-refractivity contribution in [1.29, 1.82) is 0 Å². The largest absolute Gasteiger partial charge is 0.497 e. The Balaban J connectivity index is 1.87. The van der Waals surface area contributed by atoms with E-state index in [0.717, 1.165) is 18.6 Å². The van der Waals surface area contributed by atoms with Gasteiger partial charge in [0.05, 0.1) is 7.11 Å². The Bertz CT molecular complexity index is 534. The molecule has 0 atom stereocenters. The highest BCUT2D eigenvalue weighted by Crippen LogP contribution is 2.20. The molecule has 0 saturated carbocycles. The van der Waals surface area contributed by atoms with E-state index in [1.54, 1.807) is 21.0 Å². The van der Waals surface area contributed by atoms with Crippen LogP contribution in [0.4, 0.5) is 0 Å². The molecule has 0 aromatic heterocycles. The number of carbonyl (C=O) groups is 2. The van der Waals surface area contributed by atoms with E-state index in [0.29, 0.717) is 17.7 Å². The van der Waals surface area contributed by atoms with Crippen molar-refractivity contribution in [1.82, 2.24) is 4.90 Å². The summed E-state index contributed by atoms with van der Waals surface area (Å²) in [4.78, 5) is 25.1. The molecule has 2 amide bonds. The predicted molar refractivity (Wildman–Crippen MR) is 76.4 cm³/mol. The highest BCUT2D eigenvalue weighted by atomic mass is 16.5. The third-order valence-electron chi connectivity index (χ3n) is 3.70. The minimum absolute atomic E-state index is 0.151. The lowest BCUT2D eigenvalue weighted by atomic mass is 10.1. The number of rotatable bonds is 5. The standard InChI is InChI=1S/C16H19NO3/c1-11-12(2)16(19)17(15(11)18)10-4-5-13-6-8-14(20-3)9-7-13/h6-9H,4-5,10H2,1-3H3. The van der Waals surface area contributed by atoms with Gasteiger partial charge in [0.2, 0.25) is 0 Å². The number of nitrogens with zero attached hydrogens (tertiary/aromatic N) is 1. The third-order valence-corrected chi connectivity index (χ3v) is 3.70. The Morgan fingerprint density at radius 1 is 1.00 bits per heavy atom. The lowest BCUT2D eigenvalue weighted by Crippen LogP contribution is -2.32. The maximum atomic E-state index is 11.9. The SMILES string of the molecule is COc1ccc(CCCN2C(=O)C(C)=C(C)C2=O)cc1. The van der Waals surface area contributed by atoms with Gasteiger partial charge in [-0.05, 0) is 44.4 Å². The molecule has 1 aromatic carbocycles. The molecule has 0 fully saturated rings. The zero-order chi connectivity index (χ0) is 14.7. The monoisotopic (exact) mass is 273 g/mol. The molecule has 20 heavy (non-hydrogen) atoms. The number of methoxy groups -OCH3 is 1. The number of ether oxygens (including phenoxy) is 1. The van der Waals surface area contributed by atoms with Crippen LogP contribution < -0.4 is 4.74 Å². The number of carbonyl (C=O) groups excluding carboxylic acids is 2. The van der Waals surface area contributed by atoms with Crippen molar-refractivity contribution in [3.8, 4) is 5.75 Å². The van der Waals surface area contributed by atoms with Crippen LogP contribution in [0.2, 0.25) is 0 Å². The van der Waals surface area contributed by atoms with Crippen LogP contribution in [0.1, 0.15) is 25.8 Å². The van der Waals surface area contributed by atoms with Crippen LogP contribution in [0.15, 0.2) is 35.4 Å². The van der Waals surface area contributed by atoms with E-state index in [-0.39, 0.29) is 11.8 Å². The number of benzene rings is 1.